The van der Waals surface area contributed by atoms with Gasteiger partial charge in [0.25, 0.3) is 0 Å². The summed E-state index contributed by atoms with van der Waals surface area (Å²) in [7, 11) is 1.36. The molecule has 0 aliphatic carbocycles. The van der Waals surface area contributed by atoms with E-state index < -0.39 is 6.04 Å². The van der Waals surface area contributed by atoms with Gasteiger partial charge in [0.1, 0.15) is 0 Å². The average Bonchev–Trinajstić information content (AvgIpc) is 2.38. The summed E-state index contributed by atoms with van der Waals surface area (Å²) >= 11 is 0. The first-order valence-corrected chi connectivity index (χ1v) is 5.50. The SMILES string of the molecule is COC(=O)c1cccc(CCC[C@H](N)C#N)c1. The number of nitriles is 1. The number of aryl methyl sites for hydroxylation is 1. The highest BCUT2D eigenvalue weighted by molar-refractivity contribution is 5.89. The van der Waals surface area contributed by atoms with E-state index in [0.29, 0.717) is 12.0 Å². The maximum absolute atomic E-state index is 11.3. The molecule has 0 unspecified atom stereocenters. The Kier molecular flexibility index (Phi) is 5.18. The van der Waals surface area contributed by atoms with E-state index in [0.717, 1.165) is 18.4 Å². The predicted molar refractivity (Wildman–Crippen MR) is 64.3 cm³/mol. The van der Waals surface area contributed by atoms with Crippen LogP contribution in [-0.2, 0) is 11.2 Å². The molecule has 2 N–H and O–H groups in total. The normalized spacial score (nSPS) is 11.6. The Balaban J connectivity index is 2.55. The van der Waals surface area contributed by atoms with E-state index in [1.165, 1.54) is 7.11 Å². The Bertz CT molecular complexity index is 424. The Morgan fingerprint density at radius 3 is 3.00 bits per heavy atom. The van der Waals surface area contributed by atoms with Crippen LogP contribution in [0.25, 0.3) is 0 Å². The lowest BCUT2D eigenvalue weighted by Crippen LogP contribution is -2.16. The van der Waals surface area contributed by atoms with E-state index in [4.69, 9.17) is 11.0 Å². The van der Waals surface area contributed by atoms with Gasteiger partial charge >= 0.3 is 5.97 Å². The van der Waals surface area contributed by atoms with Crippen LogP contribution in [0.4, 0.5) is 0 Å². The third kappa shape index (κ3) is 4.25. The summed E-state index contributed by atoms with van der Waals surface area (Å²) in [5, 5.41) is 8.54. The third-order valence-corrected chi connectivity index (χ3v) is 2.49. The molecule has 0 fully saturated rings. The number of rotatable bonds is 5. The number of hydrogen-bond donors (Lipinski definition) is 1. The number of carbonyl (C=O) groups is 1. The zero-order chi connectivity index (χ0) is 12.7. The molecule has 4 nitrogen and oxygen atoms in total. The van der Waals surface area contributed by atoms with E-state index in [9.17, 15) is 4.79 Å². The van der Waals surface area contributed by atoms with Crippen molar-refractivity contribution in [2.45, 2.75) is 25.3 Å². The lowest BCUT2D eigenvalue weighted by Gasteiger charge is -2.05. The minimum absolute atomic E-state index is 0.333. The van der Waals surface area contributed by atoms with Gasteiger partial charge in [-0.05, 0) is 37.0 Å². The Morgan fingerprint density at radius 1 is 1.59 bits per heavy atom. The van der Waals surface area contributed by atoms with Crippen molar-refractivity contribution in [3.63, 3.8) is 0 Å². The van der Waals surface area contributed by atoms with E-state index in [2.05, 4.69) is 4.74 Å². The van der Waals surface area contributed by atoms with Gasteiger partial charge in [-0.25, -0.2) is 4.79 Å². The van der Waals surface area contributed by atoms with Gasteiger partial charge in [0.2, 0.25) is 0 Å². The Hall–Kier alpha value is -1.86. The molecule has 0 aliphatic heterocycles. The molecule has 1 atom stereocenters. The van der Waals surface area contributed by atoms with Crippen molar-refractivity contribution in [3.8, 4) is 6.07 Å². The molecule has 1 aromatic carbocycles. The first-order valence-electron chi connectivity index (χ1n) is 5.50. The van der Waals surface area contributed by atoms with E-state index >= 15 is 0 Å². The summed E-state index contributed by atoms with van der Waals surface area (Å²) in [6.45, 7) is 0. The first-order chi connectivity index (χ1) is 8.17. The molecule has 0 amide bonds. The number of benzene rings is 1. The summed E-state index contributed by atoms with van der Waals surface area (Å²) in [5.41, 5.74) is 7.11. The molecular weight excluding hydrogens is 216 g/mol. The highest BCUT2D eigenvalue weighted by Gasteiger charge is 2.06. The van der Waals surface area contributed by atoms with Gasteiger partial charge < -0.3 is 10.5 Å². The number of hydrogen-bond acceptors (Lipinski definition) is 4. The molecule has 0 aromatic heterocycles. The molecule has 4 heteroatoms. The van der Waals surface area contributed by atoms with Gasteiger partial charge in [-0.3, -0.25) is 0 Å². The summed E-state index contributed by atoms with van der Waals surface area (Å²) in [6.07, 6.45) is 2.30. The fourth-order valence-corrected chi connectivity index (χ4v) is 1.56. The van der Waals surface area contributed by atoms with Crippen LogP contribution in [0.3, 0.4) is 0 Å². The van der Waals surface area contributed by atoms with Gasteiger partial charge in [0.05, 0.1) is 24.8 Å². The minimum Gasteiger partial charge on any atom is -0.465 e. The van der Waals surface area contributed by atoms with E-state index in [-0.39, 0.29) is 5.97 Å². The Morgan fingerprint density at radius 2 is 2.35 bits per heavy atom. The van der Waals surface area contributed by atoms with Crippen LogP contribution >= 0.6 is 0 Å². The second-order valence-corrected chi connectivity index (χ2v) is 3.82. The number of nitrogens with two attached hydrogens (primary N) is 1. The lowest BCUT2D eigenvalue weighted by atomic mass is 10.0. The molecule has 1 aromatic rings. The number of ether oxygens (including phenoxy) is 1. The third-order valence-electron chi connectivity index (χ3n) is 2.49. The Labute approximate surface area is 101 Å². The summed E-state index contributed by atoms with van der Waals surface area (Å²) in [6, 6.07) is 8.89. The van der Waals surface area contributed by atoms with Gasteiger partial charge in [-0.15, -0.1) is 0 Å². The maximum Gasteiger partial charge on any atom is 0.337 e. The average molecular weight is 232 g/mol. The fraction of sp³-hybridized carbons (Fsp3) is 0.385. The van der Waals surface area contributed by atoms with Crippen molar-refractivity contribution >= 4 is 5.97 Å². The minimum atomic E-state index is -0.404. The topological polar surface area (TPSA) is 76.1 Å². The van der Waals surface area contributed by atoms with Crippen LogP contribution in [0.2, 0.25) is 0 Å². The van der Waals surface area contributed by atoms with Crippen LogP contribution in [0.5, 0.6) is 0 Å². The molecule has 0 saturated heterocycles. The molecule has 0 spiro atoms. The zero-order valence-electron chi connectivity index (χ0n) is 9.85. The second kappa shape index (κ2) is 6.66. The second-order valence-electron chi connectivity index (χ2n) is 3.82. The molecule has 0 radical (unpaired) electrons. The molecule has 17 heavy (non-hydrogen) atoms. The van der Waals surface area contributed by atoms with Crippen LogP contribution in [0.15, 0.2) is 24.3 Å². The standard InChI is InChI=1S/C13H16N2O2/c1-17-13(16)11-6-2-4-10(8-11)5-3-7-12(15)9-14/h2,4,6,8,12H,3,5,7,15H2,1H3/t12-/m0/s1. The van der Waals surface area contributed by atoms with E-state index in [1.807, 2.05) is 24.3 Å². The monoisotopic (exact) mass is 232 g/mol. The van der Waals surface area contributed by atoms with Crippen LogP contribution in [-0.4, -0.2) is 19.1 Å². The smallest absolute Gasteiger partial charge is 0.337 e. The summed E-state index contributed by atoms with van der Waals surface area (Å²) in [5.74, 6) is -0.333. The molecule has 0 heterocycles. The van der Waals surface area contributed by atoms with Crippen molar-refractivity contribution in [1.29, 1.82) is 5.26 Å². The molecule has 1 rings (SSSR count). The van der Waals surface area contributed by atoms with Crippen molar-refractivity contribution in [2.75, 3.05) is 7.11 Å². The van der Waals surface area contributed by atoms with Crippen LogP contribution in [0.1, 0.15) is 28.8 Å². The van der Waals surface area contributed by atoms with Gasteiger partial charge in [0.15, 0.2) is 0 Å². The van der Waals surface area contributed by atoms with Crippen molar-refractivity contribution in [1.82, 2.24) is 0 Å². The quantitative estimate of drug-likeness (QED) is 0.783. The largest absolute Gasteiger partial charge is 0.465 e. The zero-order valence-corrected chi connectivity index (χ0v) is 9.85. The summed E-state index contributed by atoms with van der Waals surface area (Å²) in [4.78, 5) is 11.3. The van der Waals surface area contributed by atoms with Crippen molar-refractivity contribution < 1.29 is 9.53 Å². The molecule has 0 aliphatic rings. The van der Waals surface area contributed by atoms with Gasteiger partial charge in [-0.1, -0.05) is 12.1 Å². The fourth-order valence-electron chi connectivity index (χ4n) is 1.56. The van der Waals surface area contributed by atoms with Crippen molar-refractivity contribution in [2.24, 2.45) is 5.73 Å². The number of methoxy groups -OCH3 is 1. The van der Waals surface area contributed by atoms with Crippen LogP contribution < -0.4 is 5.73 Å². The van der Waals surface area contributed by atoms with Gasteiger partial charge in [-0.2, -0.15) is 5.26 Å². The number of esters is 1. The number of nitrogens with zero attached hydrogens (tertiary/aromatic N) is 1. The highest BCUT2D eigenvalue weighted by Crippen LogP contribution is 2.10. The highest BCUT2D eigenvalue weighted by atomic mass is 16.5. The van der Waals surface area contributed by atoms with Gasteiger partial charge in [0, 0.05) is 0 Å². The molecular formula is C13H16N2O2. The number of carbonyl (C=O) groups excluding carboxylic acids is 1. The maximum atomic E-state index is 11.3. The molecule has 90 valence electrons. The molecule has 0 bridgehead atoms. The summed E-state index contributed by atoms with van der Waals surface area (Å²) < 4.78 is 4.65. The molecule has 0 saturated carbocycles. The predicted octanol–water partition coefficient (Wildman–Crippen LogP) is 1.65. The van der Waals surface area contributed by atoms with Crippen molar-refractivity contribution in [3.05, 3.63) is 35.4 Å². The van der Waals surface area contributed by atoms with E-state index in [1.54, 1.807) is 6.07 Å². The first kappa shape index (κ1) is 13.2. The lowest BCUT2D eigenvalue weighted by molar-refractivity contribution is 0.0600. The van der Waals surface area contributed by atoms with Crippen LogP contribution in [0, 0.1) is 11.3 Å².